The highest BCUT2D eigenvalue weighted by atomic mass is 32.2. The molecule has 2 heterocycles. The van der Waals surface area contributed by atoms with Gasteiger partial charge in [0.1, 0.15) is 5.00 Å². The molecule has 3 N–H and O–H groups in total. The number of rotatable bonds is 3. The first-order chi connectivity index (χ1) is 8.65. The van der Waals surface area contributed by atoms with Crippen LogP contribution in [0, 0.1) is 0 Å². The molecule has 1 aromatic heterocycles. The molecule has 1 aliphatic heterocycles. The van der Waals surface area contributed by atoms with E-state index in [-0.39, 0.29) is 12.1 Å². The Morgan fingerprint density at radius 3 is 3.17 bits per heavy atom. The van der Waals surface area contributed by atoms with E-state index in [4.69, 9.17) is 5.73 Å². The van der Waals surface area contributed by atoms with Gasteiger partial charge in [-0.1, -0.05) is 0 Å². The van der Waals surface area contributed by atoms with Gasteiger partial charge in [-0.2, -0.15) is 4.37 Å². The number of methoxy groups -OCH3 is 1. The first-order valence-corrected chi connectivity index (χ1v) is 7.54. The van der Waals surface area contributed by atoms with E-state index < -0.39 is 0 Å². The van der Waals surface area contributed by atoms with Crippen LogP contribution in [0.25, 0.3) is 0 Å². The zero-order valence-electron chi connectivity index (χ0n) is 10.3. The molecular weight excluding hydrogens is 272 g/mol. The van der Waals surface area contributed by atoms with Gasteiger partial charge in [0, 0.05) is 13.1 Å². The van der Waals surface area contributed by atoms with E-state index in [2.05, 4.69) is 19.3 Å². The number of carbonyl (C=O) groups is 1. The van der Waals surface area contributed by atoms with E-state index in [1.165, 1.54) is 18.6 Å². The van der Waals surface area contributed by atoms with E-state index in [0.29, 0.717) is 5.82 Å². The number of anilines is 2. The van der Waals surface area contributed by atoms with Crippen molar-refractivity contribution in [3.05, 3.63) is 0 Å². The predicted molar refractivity (Wildman–Crippen MR) is 74.5 cm³/mol. The van der Waals surface area contributed by atoms with Crippen LogP contribution >= 0.6 is 23.3 Å². The number of nitrogens with two attached hydrogens (primary N) is 1. The van der Waals surface area contributed by atoms with Crippen LogP contribution in [-0.4, -0.2) is 43.0 Å². The molecule has 8 heteroatoms. The SMILES string of the molecule is COC(=O)NC1CCN(c2snc(N)c2SC)C1. The van der Waals surface area contributed by atoms with Gasteiger partial charge in [0.15, 0.2) is 5.82 Å². The highest BCUT2D eigenvalue weighted by Gasteiger charge is 2.27. The van der Waals surface area contributed by atoms with E-state index >= 15 is 0 Å². The summed E-state index contributed by atoms with van der Waals surface area (Å²) < 4.78 is 8.78. The van der Waals surface area contributed by atoms with E-state index in [9.17, 15) is 4.79 Å². The summed E-state index contributed by atoms with van der Waals surface area (Å²) in [4.78, 5) is 14.4. The average molecular weight is 288 g/mol. The van der Waals surface area contributed by atoms with Gasteiger partial charge in [0.2, 0.25) is 0 Å². The third-order valence-electron chi connectivity index (χ3n) is 2.84. The Kier molecular flexibility index (Phi) is 4.18. The number of alkyl carbamates (subject to hydrolysis) is 1. The average Bonchev–Trinajstić information content (AvgIpc) is 2.95. The van der Waals surface area contributed by atoms with Crippen molar-refractivity contribution < 1.29 is 9.53 Å². The maximum Gasteiger partial charge on any atom is 0.407 e. The lowest BCUT2D eigenvalue weighted by Gasteiger charge is -2.17. The zero-order valence-corrected chi connectivity index (χ0v) is 11.9. The number of ether oxygens (including phenoxy) is 1. The lowest BCUT2D eigenvalue weighted by Crippen LogP contribution is -2.36. The minimum atomic E-state index is -0.379. The van der Waals surface area contributed by atoms with Crippen molar-refractivity contribution >= 4 is 40.2 Å². The maximum atomic E-state index is 11.2. The molecule has 0 saturated carbocycles. The first kappa shape index (κ1) is 13.3. The summed E-state index contributed by atoms with van der Waals surface area (Å²) in [7, 11) is 1.37. The molecule has 0 aromatic carbocycles. The number of aromatic nitrogens is 1. The smallest absolute Gasteiger partial charge is 0.407 e. The predicted octanol–water partition coefficient (Wildman–Crippen LogP) is 1.38. The molecule has 0 aliphatic carbocycles. The molecule has 6 nitrogen and oxygen atoms in total. The van der Waals surface area contributed by atoms with Crippen molar-refractivity contribution in [1.82, 2.24) is 9.69 Å². The second kappa shape index (κ2) is 5.66. The number of hydrogen-bond donors (Lipinski definition) is 2. The molecule has 1 saturated heterocycles. The fraction of sp³-hybridized carbons (Fsp3) is 0.600. The van der Waals surface area contributed by atoms with Crippen molar-refractivity contribution in [3.8, 4) is 0 Å². The molecule has 0 bridgehead atoms. The minimum absolute atomic E-state index is 0.121. The zero-order chi connectivity index (χ0) is 13.1. The van der Waals surface area contributed by atoms with Crippen LogP contribution < -0.4 is 16.0 Å². The van der Waals surface area contributed by atoms with Crippen molar-refractivity contribution in [1.29, 1.82) is 0 Å². The van der Waals surface area contributed by atoms with Gasteiger partial charge >= 0.3 is 6.09 Å². The molecule has 18 heavy (non-hydrogen) atoms. The van der Waals surface area contributed by atoms with Crippen molar-refractivity contribution in [2.45, 2.75) is 17.4 Å². The Morgan fingerprint density at radius 2 is 2.50 bits per heavy atom. The van der Waals surface area contributed by atoms with Gasteiger partial charge in [0.25, 0.3) is 0 Å². The van der Waals surface area contributed by atoms with E-state index in [1.54, 1.807) is 11.8 Å². The summed E-state index contributed by atoms with van der Waals surface area (Å²) in [6.07, 6.45) is 2.51. The van der Waals surface area contributed by atoms with Crippen LogP contribution in [0.15, 0.2) is 4.90 Å². The van der Waals surface area contributed by atoms with Crippen LogP contribution in [0.3, 0.4) is 0 Å². The molecule has 1 aromatic rings. The normalized spacial score (nSPS) is 19.0. The number of nitrogens with zero attached hydrogens (tertiary/aromatic N) is 2. The summed E-state index contributed by atoms with van der Waals surface area (Å²) in [6.45, 7) is 1.66. The summed E-state index contributed by atoms with van der Waals surface area (Å²) in [5.41, 5.74) is 5.82. The number of carbonyl (C=O) groups excluding carboxylic acids is 1. The van der Waals surface area contributed by atoms with Crippen LogP contribution in [0.4, 0.5) is 15.6 Å². The Bertz CT molecular complexity index is 438. The van der Waals surface area contributed by atoms with E-state index in [1.807, 2.05) is 6.26 Å². The van der Waals surface area contributed by atoms with Gasteiger partial charge < -0.3 is 20.7 Å². The van der Waals surface area contributed by atoms with Crippen LogP contribution in [-0.2, 0) is 4.74 Å². The lowest BCUT2D eigenvalue weighted by molar-refractivity contribution is 0.167. The first-order valence-electron chi connectivity index (χ1n) is 5.54. The summed E-state index contributed by atoms with van der Waals surface area (Å²) in [6, 6.07) is 0.121. The summed E-state index contributed by atoms with van der Waals surface area (Å²) in [5.74, 6) is 0.590. The lowest BCUT2D eigenvalue weighted by atomic mass is 10.3. The maximum absolute atomic E-state index is 11.2. The number of amides is 1. The summed E-state index contributed by atoms with van der Waals surface area (Å²) >= 11 is 3.02. The number of hydrogen-bond acceptors (Lipinski definition) is 7. The molecule has 1 aliphatic rings. The molecular formula is C10H16N4O2S2. The van der Waals surface area contributed by atoms with Gasteiger partial charge in [-0.15, -0.1) is 11.8 Å². The fourth-order valence-corrected chi connectivity index (χ4v) is 3.69. The molecule has 1 fully saturated rings. The second-order valence-corrected chi connectivity index (χ2v) is 5.54. The molecule has 0 spiro atoms. The highest BCUT2D eigenvalue weighted by molar-refractivity contribution is 7.99. The monoisotopic (exact) mass is 288 g/mol. The van der Waals surface area contributed by atoms with Gasteiger partial charge in [-0.05, 0) is 24.2 Å². The molecule has 1 atom stereocenters. The minimum Gasteiger partial charge on any atom is -0.453 e. The largest absolute Gasteiger partial charge is 0.453 e. The van der Waals surface area contributed by atoms with E-state index in [0.717, 1.165) is 29.4 Å². The molecule has 0 radical (unpaired) electrons. The van der Waals surface area contributed by atoms with Gasteiger partial charge in [0.05, 0.1) is 18.0 Å². The van der Waals surface area contributed by atoms with Crippen molar-refractivity contribution in [2.24, 2.45) is 0 Å². The van der Waals surface area contributed by atoms with Crippen LogP contribution in [0.1, 0.15) is 6.42 Å². The van der Waals surface area contributed by atoms with Crippen molar-refractivity contribution in [2.75, 3.05) is 37.1 Å². The van der Waals surface area contributed by atoms with Gasteiger partial charge in [-0.3, -0.25) is 0 Å². The molecule has 2 rings (SSSR count). The van der Waals surface area contributed by atoms with Crippen molar-refractivity contribution in [3.63, 3.8) is 0 Å². The summed E-state index contributed by atoms with van der Waals surface area (Å²) in [5, 5.41) is 3.91. The number of nitrogens with one attached hydrogen (secondary N) is 1. The third kappa shape index (κ3) is 2.64. The van der Waals surface area contributed by atoms with Crippen LogP contribution in [0.5, 0.6) is 0 Å². The molecule has 100 valence electrons. The Labute approximate surface area is 114 Å². The third-order valence-corrected chi connectivity index (χ3v) is 4.71. The number of nitrogen functional groups attached to an aromatic ring is 1. The Hall–Kier alpha value is -1.15. The highest BCUT2D eigenvalue weighted by Crippen LogP contribution is 2.38. The topological polar surface area (TPSA) is 80.5 Å². The Morgan fingerprint density at radius 1 is 1.72 bits per heavy atom. The fourth-order valence-electron chi connectivity index (χ4n) is 1.97. The van der Waals surface area contributed by atoms with Gasteiger partial charge in [-0.25, -0.2) is 4.79 Å². The second-order valence-electron chi connectivity index (χ2n) is 3.97. The Balaban J connectivity index is 2.02. The molecule has 1 amide bonds. The molecule has 1 unspecified atom stereocenters. The standard InChI is InChI=1S/C10H16N4O2S2/c1-16-10(15)12-6-3-4-14(5-6)9-7(17-2)8(11)13-18-9/h6H,3-5H2,1-2H3,(H2,11,13)(H,12,15). The quantitative estimate of drug-likeness (QED) is 0.818. The number of thioether (sulfide) groups is 1. The van der Waals surface area contributed by atoms with Crippen LogP contribution in [0.2, 0.25) is 0 Å².